The number of hydrogen-bond acceptors (Lipinski definition) is 3. The minimum Gasteiger partial charge on any atom is -0.482 e. The van der Waals surface area contributed by atoms with Gasteiger partial charge in [-0.2, -0.15) is 0 Å². The van der Waals surface area contributed by atoms with Crippen molar-refractivity contribution in [3.05, 3.63) is 69.5 Å². The molecule has 0 aliphatic carbocycles. The van der Waals surface area contributed by atoms with Gasteiger partial charge in [-0.05, 0) is 17.7 Å². The molecule has 2 rings (SSSR count). The van der Waals surface area contributed by atoms with Crippen molar-refractivity contribution in [3.8, 4) is 5.75 Å². The van der Waals surface area contributed by atoms with E-state index in [1.54, 1.807) is 24.3 Å². The maximum Gasteiger partial charge on any atom is 0.310 e. The molecule has 0 unspecified atom stereocenters. The van der Waals surface area contributed by atoms with Crippen LogP contribution in [0.25, 0.3) is 0 Å². The molecule has 0 saturated carbocycles. The lowest BCUT2D eigenvalue weighted by Crippen LogP contribution is -2.01. The van der Waals surface area contributed by atoms with Gasteiger partial charge in [-0.15, -0.1) is 11.6 Å². The zero-order valence-corrected chi connectivity index (χ0v) is 11.1. The topological polar surface area (TPSA) is 52.4 Å². The molecule has 0 atom stereocenters. The van der Waals surface area contributed by atoms with E-state index >= 15 is 0 Å². The van der Waals surface area contributed by atoms with Gasteiger partial charge in [-0.25, -0.2) is 4.39 Å². The second kappa shape index (κ2) is 6.34. The first-order valence-electron chi connectivity index (χ1n) is 5.81. The minimum atomic E-state index is -0.547. The van der Waals surface area contributed by atoms with Crippen molar-refractivity contribution < 1.29 is 14.1 Å². The number of benzene rings is 2. The fraction of sp³-hybridized carbons (Fsp3) is 0.143. The van der Waals surface area contributed by atoms with Gasteiger partial charge in [0.25, 0.3) is 0 Å². The Hall–Kier alpha value is -2.14. The van der Waals surface area contributed by atoms with Crippen molar-refractivity contribution in [2.45, 2.75) is 12.5 Å². The minimum absolute atomic E-state index is 0.0800. The van der Waals surface area contributed by atoms with Crippen molar-refractivity contribution in [2.75, 3.05) is 0 Å². The standard InChI is InChI=1S/C14H11ClFNO3/c15-8-10-5-6-13(17(18)19)14(7-10)20-9-11-3-1-2-4-12(11)16/h1-7H,8-9H2. The van der Waals surface area contributed by atoms with E-state index in [4.69, 9.17) is 16.3 Å². The SMILES string of the molecule is O=[N+]([O-])c1ccc(CCl)cc1OCc1ccccc1F. The van der Waals surface area contributed by atoms with Crippen LogP contribution in [0.4, 0.5) is 10.1 Å². The third-order valence-corrected chi connectivity index (χ3v) is 3.02. The summed E-state index contributed by atoms with van der Waals surface area (Å²) in [6.45, 7) is -0.0841. The van der Waals surface area contributed by atoms with Gasteiger partial charge in [0.2, 0.25) is 0 Å². The molecule has 0 bridgehead atoms. The van der Waals surface area contributed by atoms with Crippen molar-refractivity contribution in [3.63, 3.8) is 0 Å². The average Bonchev–Trinajstić information content (AvgIpc) is 2.46. The number of nitro benzene ring substituents is 1. The Balaban J connectivity index is 2.24. The van der Waals surface area contributed by atoms with Crippen LogP contribution in [0.1, 0.15) is 11.1 Å². The molecule has 0 amide bonds. The van der Waals surface area contributed by atoms with Gasteiger partial charge < -0.3 is 4.74 Å². The van der Waals surface area contributed by atoms with Crippen LogP contribution < -0.4 is 4.74 Å². The number of nitrogens with zero attached hydrogens (tertiary/aromatic N) is 1. The second-order valence-corrected chi connectivity index (χ2v) is 4.34. The van der Waals surface area contributed by atoms with Gasteiger partial charge in [-0.3, -0.25) is 10.1 Å². The summed E-state index contributed by atoms with van der Waals surface area (Å²) in [4.78, 5) is 10.4. The number of rotatable bonds is 5. The first kappa shape index (κ1) is 14.3. The fourth-order valence-electron chi connectivity index (χ4n) is 1.68. The lowest BCUT2D eigenvalue weighted by molar-refractivity contribution is -0.386. The van der Waals surface area contributed by atoms with Crippen LogP contribution in [0.3, 0.4) is 0 Å². The Morgan fingerprint density at radius 3 is 2.65 bits per heavy atom. The van der Waals surface area contributed by atoms with Gasteiger partial charge >= 0.3 is 5.69 Å². The normalized spacial score (nSPS) is 10.3. The molecule has 0 aliphatic heterocycles. The van der Waals surface area contributed by atoms with Crippen LogP contribution in [0.2, 0.25) is 0 Å². The lowest BCUT2D eigenvalue weighted by atomic mass is 10.2. The zero-order valence-electron chi connectivity index (χ0n) is 10.4. The van der Waals surface area contributed by atoms with Crippen LogP contribution in [-0.2, 0) is 12.5 Å². The molecule has 4 nitrogen and oxygen atoms in total. The van der Waals surface area contributed by atoms with E-state index in [0.717, 1.165) is 0 Å². The van der Waals surface area contributed by atoms with E-state index in [2.05, 4.69) is 0 Å². The zero-order chi connectivity index (χ0) is 14.5. The molecule has 0 aliphatic rings. The number of ether oxygens (including phenoxy) is 1. The van der Waals surface area contributed by atoms with E-state index in [-0.39, 0.29) is 23.9 Å². The predicted molar refractivity (Wildman–Crippen MR) is 73.4 cm³/mol. The van der Waals surface area contributed by atoms with Crippen LogP contribution in [0.5, 0.6) is 5.75 Å². The van der Waals surface area contributed by atoms with E-state index in [1.165, 1.54) is 18.2 Å². The highest BCUT2D eigenvalue weighted by atomic mass is 35.5. The first-order valence-corrected chi connectivity index (χ1v) is 6.34. The van der Waals surface area contributed by atoms with Gasteiger partial charge in [0.15, 0.2) is 5.75 Å². The Morgan fingerprint density at radius 1 is 1.25 bits per heavy atom. The van der Waals surface area contributed by atoms with Crippen LogP contribution in [0.15, 0.2) is 42.5 Å². The van der Waals surface area contributed by atoms with Crippen molar-refractivity contribution in [1.29, 1.82) is 0 Å². The summed E-state index contributed by atoms with van der Waals surface area (Å²) in [5, 5.41) is 10.9. The van der Waals surface area contributed by atoms with Crippen molar-refractivity contribution >= 4 is 17.3 Å². The largest absolute Gasteiger partial charge is 0.482 e. The maximum atomic E-state index is 13.5. The smallest absolute Gasteiger partial charge is 0.310 e. The number of halogens is 2. The summed E-state index contributed by atoms with van der Waals surface area (Å²) >= 11 is 5.69. The molecule has 0 saturated heterocycles. The van der Waals surface area contributed by atoms with E-state index in [9.17, 15) is 14.5 Å². The maximum absolute atomic E-state index is 13.5. The molecule has 0 radical (unpaired) electrons. The number of alkyl halides is 1. The summed E-state index contributed by atoms with van der Waals surface area (Å²) in [5.41, 5.74) is 0.856. The predicted octanol–water partition coefficient (Wildman–Crippen LogP) is 4.05. The number of nitro groups is 1. The quantitative estimate of drug-likeness (QED) is 0.475. The third-order valence-electron chi connectivity index (χ3n) is 2.72. The second-order valence-electron chi connectivity index (χ2n) is 4.07. The number of hydrogen-bond donors (Lipinski definition) is 0. The molecule has 2 aromatic rings. The highest BCUT2D eigenvalue weighted by molar-refractivity contribution is 6.17. The Labute approximate surface area is 119 Å². The monoisotopic (exact) mass is 295 g/mol. The third kappa shape index (κ3) is 3.24. The van der Waals surface area contributed by atoms with Crippen LogP contribution >= 0.6 is 11.6 Å². The molecule has 0 N–H and O–H groups in total. The molecule has 0 spiro atoms. The Bertz CT molecular complexity index is 634. The molecule has 20 heavy (non-hydrogen) atoms. The van der Waals surface area contributed by atoms with E-state index < -0.39 is 10.7 Å². The molecule has 6 heteroatoms. The molecule has 104 valence electrons. The molecular weight excluding hydrogens is 285 g/mol. The van der Waals surface area contributed by atoms with Gasteiger partial charge in [0, 0.05) is 17.5 Å². The summed E-state index contributed by atoms with van der Waals surface area (Å²) in [5.74, 6) is -0.117. The summed E-state index contributed by atoms with van der Waals surface area (Å²) in [6.07, 6.45) is 0. The van der Waals surface area contributed by atoms with Gasteiger partial charge in [-0.1, -0.05) is 24.3 Å². The van der Waals surface area contributed by atoms with Gasteiger partial charge in [0.1, 0.15) is 12.4 Å². The fourth-order valence-corrected chi connectivity index (χ4v) is 1.85. The van der Waals surface area contributed by atoms with Crippen molar-refractivity contribution in [1.82, 2.24) is 0 Å². The van der Waals surface area contributed by atoms with Gasteiger partial charge in [0.05, 0.1) is 4.92 Å². The summed E-state index contributed by atoms with van der Waals surface area (Å²) < 4.78 is 18.8. The lowest BCUT2D eigenvalue weighted by Gasteiger charge is -2.08. The molecule has 0 fully saturated rings. The molecule has 0 heterocycles. The summed E-state index contributed by atoms with van der Waals surface area (Å²) in [6, 6.07) is 10.5. The molecular formula is C14H11ClFNO3. The Morgan fingerprint density at radius 2 is 2.00 bits per heavy atom. The molecule has 2 aromatic carbocycles. The highest BCUT2D eigenvalue weighted by Crippen LogP contribution is 2.29. The van der Waals surface area contributed by atoms with Crippen LogP contribution in [-0.4, -0.2) is 4.92 Å². The highest BCUT2D eigenvalue weighted by Gasteiger charge is 2.16. The first-order chi connectivity index (χ1) is 9.61. The average molecular weight is 296 g/mol. The van der Waals surface area contributed by atoms with E-state index in [1.807, 2.05) is 0 Å². The Kier molecular flexibility index (Phi) is 4.53. The van der Waals surface area contributed by atoms with E-state index in [0.29, 0.717) is 11.1 Å². The molecule has 0 aromatic heterocycles. The summed E-state index contributed by atoms with van der Waals surface area (Å²) in [7, 11) is 0. The van der Waals surface area contributed by atoms with Crippen molar-refractivity contribution in [2.24, 2.45) is 0 Å². The van der Waals surface area contributed by atoms with Crippen LogP contribution in [0, 0.1) is 15.9 Å².